The Morgan fingerprint density at radius 2 is 1.88 bits per heavy atom. The van der Waals surface area contributed by atoms with Crippen molar-refractivity contribution < 1.29 is 9.47 Å². The van der Waals surface area contributed by atoms with Crippen molar-refractivity contribution in [1.82, 2.24) is 15.3 Å². The molecule has 8 heteroatoms. The molecule has 0 spiro atoms. The summed E-state index contributed by atoms with van der Waals surface area (Å²) >= 11 is 7.77. The molecular formula is C18H19ClN4O2S. The van der Waals surface area contributed by atoms with E-state index in [0.717, 1.165) is 53.3 Å². The van der Waals surface area contributed by atoms with Crippen molar-refractivity contribution in [2.24, 2.45) is 0 Å². The van der Waals surface area contributed by atoms with Gasteiger partial charge in [-0.15, -0.1) is 11.3 Å². The first-order valence-corrected chi connectivity index (χ1v) is 9.60. The van der Waals surface area contributed by atoms with E-state index >= 15 is 0 Å². The number of ether oxygens (including phenoxy) is 2. The van der Waals surface area contributed by atoms with Crippen LogP contribution in [0.3, 0.4) is 0 Å². The van der Waals surface area contributed by atoms with Crippen LogP contribution in [0.2, 0.25) is 5.28 Å². The van der Waals surface area contributed by atoms with Crippen LogP contribution in [0.25, 0.3) is 21.3 Å². The summed E-state index contributed by atoms with van der Waals surface area (Å²) in [4.78, 5) is 12.2. The smallest absolute Gasteiger partial charge is 0.225 e. The monoisotopic (exact) mass is 390 g/mol. The molecule has 1 aromatic carbocycles. The van der Waals surface area contributed by atoms with Gasteiger partial charge in [0.2, 0.25) is 5.28 Å². The fourth-order valence-corrected chi connectivity index (χ4v) is 4.38. The van der Waals surface area contributed by atoms with E-state index in [1.807, 2.05) is 18.2 Å². The lowest BCUT2D eigenvalue weighted by Crippen LogP contribution is -2.44. The third-order valence-corrected chi connectivity index (χ3v) is 5.54. The molecule has 1 aliphatic rings. The Morgan fingerprint density at radius 3 is 2.62 bits per heavy atom. The van der Waals surface area contributed by atoms with Crippen molar-refractivity contribution in [3.63, 3.8) is 0 Å². The molecule has 6 nitrogen and oxygen atoms in total. The second-order valence-corrected chi connectivity index (χ2v) is 7.15. The number of nitrogens with zero attached hydrogens (tertiary/aromatic N) is 3. The molecule has 0 radical (unpaired) electrons. The average Bonchev–Trinajstić information content (AvgIpc) is 3.11. The molecule has 136 valence electrons. The molecule has 0 bridgehead atoms. The van der Waals surface area contributed by atoms with E-state index in [4.69, 9.17) is 21.1 Å². The van der Waals surface area contributed by atoms with Gasteiger partial charge in [-0.25, -0.2) is 4.98 Å². The van der Waals surface area contributed by atoms with E-state index in [2.05, 4.69) is 25.6 Å². The van der Waals surface area contributed by atoms with Gasteiger partial charge in [-0.2, -0.15) is 4.98 Å². The van der Waals surface area contributed by atoms with Crippen LogP contribution in [-0.4, -0.2) is 50.4 Å². The Kier molecular flexibility index (Phi) is 4.84. The quantitative estimate of drug-likeness (QED) is 0.688. The molecule has 1 saturated heterocycles. The zero-order chi connectivity index (χ0) is 18.1. The highest BCUT2D eigenvalue weighted by Crippen LogP contribution is 2.41. The molecule has 1 N–H and O–H groups in total. The normalized spacial score (nSPS) is 14.7. The molecule has 26 heavy (non-hydrogen) atoms. The molecule has 1 aliphatic heterocycles. The standard InChI is InChI=1S/C18H19ClN4O2S/c1-24-13-4-3-11(9-14(13)25-2)12-10-26-17-15(12)16(21-18(19)22-17)23-7-5-20-6-8-23/h3-4,9-10,20H,5-8H2,1-2H3. The number of aromatic nitrogens is 2. The third-order valence-electron chi connectivity index (χ3n) is 4.50. The highest BCUT2D eigenvalue weighted by molar-refractivity contribution is 7.17. The van der Waals surface area contributed by atoms with Crippen LogP contribution in [0, 0.1) is 0 Å². The van der Waals surface area contributed by atoms with Crippen LogP contribution < -0.4 is 19.7 Å². The van der Waals surface area contributed by atoms with E-state index in [1.54, 1.807) is 25.6 Å². The summed E-state index contributed by atoms with van der Waals surface area (Å²) in [5, 5.41) is 6.79. The number of piperazine rings is 1. The molecule has 1 fully saturated rings. The zero-order valence-electron chi connectivity index (χ0n) is 14.6. The number of methoxy groups -OCH3 is 2. The summed E-state index contributed by atoms with van der Waals surface area (Å²) in [5.41, 5.74) is 2.12. The predicted molar refractivity (Wildman–Crippen MR) is 106 cm³/mol. The SMILES string of the molecule is COc1ccc(-c2csc3nc(Cl)nc(N4CCNCC4)c23)cc1OC. The maximum absolute atomic E-state index is 6.19. The summed E-state index contributed by atoms with van der Waals surface area (Å²) in [6.45, 7) is 3.64. The van der Waals surface area contributed by atoms with Crippen LogP contribution in [0.5, 0.6) is 11.5 Å². The molecule has 0 amide bonds. The molecule has 0 aliphatic carbocycles. The Labute approximate surface area is 160 Å². The number of nitrogens with one attached hydrogen (secondary N) is 1. The Hall–Kier alpha value is -2.09. The fourth-order valence-electron chi connectivity index (χ4n) is 3.22. The maximum atomic E-state index is 6.19. The van der Waals surface area contributed by atoms with E-state index in [9.17, 15) is 0 Å². The molecule has 0 atom stereocenters. The first kappa shape index (κ1) is 17.3. The summed E-state index contributed by atoms with van der Waals surface area (Å²) in [7, 11) is 3.28. The number of thiophene rings is 1. The van der Waals surface area contributed by atoms with Crippen molar-refractivity contribution in [3.05, 3.63) is 28.9 Å². The number of halogens is 1. The minimum absolute atomic E-state index is 0.284. The number of hydrogen-bond acceptors (Lipinski definition) is 7. The summed E-state index contributed by atoms with van der Waals surface area (Å²) in [6.07, 6.45) is 0. The summed E-state index contributed by atoms with van der Waals surface area (Å²) in [6, 6.07) is 5.92. The second-order valence-electron chi connectivity index (χ2n) is 5.95. The van der Waals surface area contributed by atoms with Gasteiger partial charge in [0.25, 0.3) is 0 Å². The molecule has 4 rings (SSSR count). The van der Waals surface area contributed by atoms with Crippen LogP contribution in [0.4, 0.5) is 5.82 Å². The summed E-state index contributed by atoms with van der Waals surface area (Å²) < 4.78 is 10.8. The van der Waals surface area contributed by atoms with Gasteiger partial charge in [0.05, 0.1) is 19.6 Å². The molecule has 3 aromatic rings. The van der Waals surface area contributed by atoms with Gasteiger partial charge in [-0.3, -0.25) is 0 Å². The van der Waals surface area contributed by atoms with Crippen LogP contribution in [-0.2, 0) is 0 Å². The van der Waals surface area contributed by atoms with Crippen molar-refractivity contribution >= 4 is 39.0 Å². The Morgan fingerprint density at radius 1 is 1.12 bits per heavy atom. The van der Waals surface area contributed by atoms with Crippen molar-refractivity contribution in [3.8, 4) is 22.6 Å². The van der Waals surface area contributed by atoms with E-state index in [1.165, 1.54) is 0 Å². The van der Waals surface area contributed by atoms with Gasteiger partial charge >= 0.3 is 0 Å². The zero-order valence-corrected chi connectivity index (χ0v) is 16.2. The van der Waals surface area contributed by atoms with Crippen molar-refractivity contribution in [2.45, 2.75) is 0 Å². The van der Waals surface area contributed by atoms with Crippen LogP contribution >= 0.6 is 22.9 Å². The molecule has 2 aromatic heterocycles. The minimum atomic E-state index is 0.284. The lowest BCUT2D eigenvalue weighted by molar-refractivity contribution is 0.355. The Bertz CT molecular complexity index is 940. The first-order valence-electron chi connectivity index (χ1n) is 8.34. The van der Waals surface area contributed by atoms with E-state index in [0.29, 0.717) is 11.5 Å². The van der Waals surface area contributed by atoms with Gasteiger partial charge in [-0.05, 0) is 29.3 Å². The molecule has 0 saturated carbocycles. The number of anilines is 1. The van der Waals surface area contributed by atoms with Crippen molar-refractivity contribution in [2.75, 3.05) is 45.3 Å². The van der Waals surface area contributed by atoms with Crippen LogP contribution in [0.1, 0.15) is 0 Å². The van der Waals surface area contributed by atoms with Crippen molar-refractivity contribution in [1.29, 1.82) is 0 Å². The molecular weight excluding hydrogens is 372 g/mol. The van der Waals surface area contributed by atoms with Gasteiger partial charge in [0.15, 0.2) is 11.5 Å². The third kappa shape index (κ3) is 3.06. The first-order chi connectivity index (χ1) is 12.7. The second kappa shape index (κ2) is 7.26. The Balaban J connectivity index is 1.88. The lowest BCUT2D eigenvalue weighted by atomic mass is 10.0. The van der Waals surface area contributed by atoms with Gasteiger partial charge < -0.3 is 19.7 Å². The largest absolute Gasteiger partial charge is 0.493 e. The predicted octanol–water partition coefficient (Wildman–Crippen LogP) is 3.44. The molecule has 3 heterocycles. The van der Waals surface area contributed by atoms with Gasteiger partial charge in [0.1, 0.15) is 10.6 Å². The lowest BCUT2D eigenvalue weighted by Gasteiger charge is -2.29. The number of fused-ring (bicyclic) bond motifs is 1. The maximum Gasteiger partial charge on any atom is 0.225 e. The van der Waals surface area contributed by atoms with Gasteiger partial charge in [-0.1, -0.05) is 6.07 Å². The average molecular weight is 391 g/mol. The number of benzene rings is 1. The van der Waals surface area contributed by atoms with Gasteiger partial charge in [0, 0.05) is 37.1 Å². The van der Waals surface area contributed by atoms with E-state index in [-0.39, 0.29) is 5.28 Å². The number of rotatable bonds is 4. The highest BCUT2D eigenvalue weighted by atomic mass is 35.5. The molecule has 0 unspecified atom stereocenters. The van der Waals surface area contributed by atoms with Crippen LogP contribution in [0.15, 0.2) is 23.6 Å². The summed E-state index contributed by atoms with van der Waals surface area (Å²) in [5.74, 6) is 2.30. The minimum Gasteiger partial charge on any atom is -0.493 e. The van der Waals surface area contributed by atoms with E-state index < -0.39 is 0 Å². The number of hydrogen-bond donors (Lipinski definition) is 1. The fraction of sp³-hybridized carbons (Fsp3) is 0.333. The highest BCUT2D eigenvalue weighted by Gasteiger charge is 2.21. The topological polar surface area (TPSA) is 59.5 Å².